The highest BCUT2D eigenvalue weighted by Gasteiger charge is 2.25. The molecule has 104 valence electrons. The van der Waals surface area contributed by atoms with Gasteiger partial charge in [-0.1, -0.05) is 31.5 Å². The van der Waals surface area contributed by atoms with Crippen LogP contribution in [0.15, 0.2) is 22.7 Å². The van der Waals surface area contributed by atoms with Gasteiger partial charge in [0.25, 0.3) is 5.91 Å². The first-order chi connectivity index (χ1) is 8.97. The lowest BCUT2D eigenvalue weighted by molar-refractivity contribution is 0.0911. The first kappa shape index (κ1) is 14.9. The minimum Gasteiger partial charge on any atom is -0.349 e. The first-order valence-electron chi connectivity index (χ1n) is 6.72. The molecule has 4 heteroatoms. The molecule has 1 saturated carbocycles. The first-order valence-corrected chi connectivity index (χ1v) is 7.89. The van der Waals surface area contributed by atoms with E-state index in [0.29, 0.717) is 22.4 Å². The molecule has 2 atom stereocenters. The molecule has 0 saturated heterocycles. The van der Waals surface area contributed by atoms with Gasteiger partial charge in [0, 0.05) is 10.5 Å². The molecule has 0 aromatic heterocycles. The van der Waals surface area contributed by atoms with Crippen LogP contribution < -0.4 is 5.32 Å². The molecule has 1 amide bonds. The lowest BCUT2D eigenvalue weighted by Crippen LogP contribution is -2.40. The Hall–Kier alpha value is -0.540. The van der Waals surface area contributed by atoms with Gasteiger partial charge < -0.3 is 5.32 Å². The molecule has 2 rings (SSSR count). The van der Waals surface area contributed by atoms with Crippen LogP contribution >= 0.6 is 27.5 Å². The van der Waals surface area contributed by atoms with Gasteiger partial charge in [-0.05, 0) is 59.2 Å². The molecular formula is C15H19BrClNO. The molecule has 1 aliphatic rings. The highest BCUT2D eigenvalue weighted by molar-refractivity contribution is 9.10. The summed E-state index contributed by atoms with van der Waals surface area (Å²) in [4.78, 5) is 12.3. The van der Waals surface area contributed by atoms with E-state index in [4.69, 9.17) is 11.6 Å². The van der Waals surface area contributed by atoms with Gasteiger partial charge in [-0.3, -0.25) is 4.79 Å². The largest absolute Gasteiger partial charge is 0.349 e. The zero-order chi connectivity index (χ0) is 14.0. The number of nitrogens with one attached hydrogen (secondary N) is 1. The third kappa shape index (κ3) is 3.73. The summed E-state index contributed by atoms with van der Waals surface area (Å²) in [6.07, 6.45) is 3.37. The highest BCUT2D eigenvalue weighted by atomic mass is 79.9. The second kappa shape index (κ2) is 6.27. The standard InChI is InChI=1S/C15H19BrClNO/c1-9-6-10(2)8-11(7-9)18-15(19)12-4-3-5-13(16)14(12)17/h3-5,9-11H,6-8H2,1-2H3,(H,18,19). The molecule has 2 unspecified atom stereocenters. The number of hydrogen-bond acceptors (Lipinski definition) is 1. The van der Waals surface area contributed by atoms with Gasteiger partial charge in [0.05, 0.1) is 10.6 Å². The molecule has 0 aliphatic heterocycles. The Balaban J connectivity index is 2.06. The summed E-state index contributed by atoms with van der Waals surface area (Å²) < 4.78 is 0.757. The summed E-state index contributed by atoms with van der Waals surface area (Å²) in [6.45, 7) is 4.50. The summed E-state index contributed by atoms with van der Waals surface area (Å²) in [5.74, 6) is 1.27. The predicted octanol–water partition coefficient (Wildman–Crippen LogP) is 4.66. The van der Waals surface area contributed by atoms with Gasteiger partial charge in [-0.25, -0.2) is 0 Å². The van der Waals surface area contributed by atoms with Gasteiger partial charge >= 0.3 is 0 Å². The van der Waals surface area contributed by atoms with E-state index in [-0.39, 0.29) is 11.9 Å². The molecule has 0 radical (unpaired) electrons. The Bertz CT molecular complexity index is 467. The van der Waals surface area contributed by atoms with Crippen LogP contribution in [0, 0.1) is 11.8 Å². The van der Waals surface area contributed by atoms with Crippen LogP contribution in [-0.4, -0.2) is 11.9 Å². The second-order valence-corrected chi connectivity index (χ2v) is 6.92. The fourth-order valence-corrected chi connectivity index (χ4v) is 3.59. The van der Waals surface area contributed by atoms with Crippen molar-refractivity contribution >= 4 is 33.4 Å². The van der Waals surface area contributed by atoms with E-state index < -0.39 is 0 Å². The summed E-state index contributed by atoms with van der Waals surface area (Å²) in [5, 5.41) is 3.60. The Labute approximate surface area is 128 Å². The van der Waals surface area contributed by atoms with Crippen molar-refractivity contribution in [1.29, 1.82) is 0 Å². The minimum atomic E-state index is -0.0717. The van der Waals surface area contributed by atoms with E-state index in [9.17, 15) is 4.79 Å². The number of benzene rings is 1. The van der Waals surface area contributed by atoms with Crippen LogP contribution in [0.25, 0.3) is 0 Å². The lowest BCUT2D eigenvalue weighted by atomic mass is 9.80. The van der Waals surface area contributed by atoms with Gasteiger partial charge in [-0.2, -0.15) is 0 Å². The SMILES string of the molecule is CC1CC(C)CC(NC(=O)c2cccc(Br)c2Cl)C1. The van der Waals surface area contributed by atoms with E-state index in [1.54, 1.807) is 6.07 Å². The summed E-state index contributed by atoms with van der Waals surface area (Å²) >= 11 is 9.50. The average Bonchev–Trinajstić information content (AvgIpc) is 2.31. The van der Waals surface area contributed by atoms with E-state index >= 15 is 0 Å². The average molecular weight is 345 g/mol. The van der Waals surface area contributed by atoms with Crippen LogP contribution in [0.3, 0.4) is 0 Å². The third-order valence-corrected chi connectivity index (χ3v) is 5.01. The molecule has 1 aromatic rings. The van der Waals surface area contributed by atoms with Crippen LogP contribution in [0.5, 0.6) is 0 Å². The maximum absolute atomic E-state index is 12.3. The normalized spacial score (nSPS) is 27.1. The Morgan fingerprint density at radius 3 is 2.53 bits per heavy atom. The lowest BCUT2D eigenvalue weighted by Gasteiger charge is -2.32. The Kier molecular flexibility index (Phi) is 4.91. The minimum absolute atomic E-state index is 0.0717. The summed E-state index contributed by atoms with van der Waals surface area (Å²) in [7, 11) is 0. The zero-order valence-corrected chi connectivity index (χ0v) is 13.6. The maximum atomic E-state index is 12.3. The fourth-order valence-electron chi connectivity index (χ4n) is 3.01. The molecule has 0 bridgehead atoms. The molecule has 0 spiro atoms. The fraction of sp³-hybridized carbons (Fsp3) is 0.533. The molecular weight excluding hydrogens is 326 g/mol. The van der Waals surface area contributed by atoms with Crippen molar-refractivity contribution in [2.24, 2.45) is 11.8 Å². The van der Waals surface area contributed by atoms with Gasteiger partial charge in [0.15, 0.2) is 0 Å². The van der Waals surface area contributed by atoms with Crippen molar-refractivity contribution in [2.75, 3.05) is 0 Å². The number of halogens is 2. The van der Waals surface area contributed by atoms with Crippen molar-refractivity contribution < 1.29 is 4.79 Å². The molecule has 0 heterocycles. The van der Waals surface area contributed by atoms with E-state index in [2.05, 4.69) is 35.1 Å². The quantitative estimate of drug-likeness (QED) is 0.831. The molecule has 2 nitrogen and oxygen atoms in total. The van der Waals surface area contributed by atoms with Crippen LogP contribution in [0.2, 0.25) is 5.02 Å². The zero-order valence-electron chi connectivity index (χ0n) is 11.2. The molecule has 19 heavy (non-hydrogen) atoms. The summed E-state index contributed by atoms with van der Waals surface area (Å²) in [6, 6.07) is 5.69. The second-order valence-electron chi connectivity index (χ2n) is 5.69. The van der Waals surface area contributed by atoms with Crippen molar-refractivity contribution in [3.05, 3.63) is 33.3 Å². The number of carbonyl (C=O) groups is 1. The number of carbonyl (C=O) groups excluding carboxylic acids is 1. The number of hydrogen-bond donors (Lipinski definition) is 1. The predicted molar refractivity (Wildman–Crippen MR) is 82.6 cm³/mol. The van der Waals surface area contributed by atoms with Crippen molar-refractivity contribution in [2.45, 2.75) is 39.2 Å². The van der Waals surface area contributed by atoms with Gasteiger partial charge in [0.2, 0.25) is 0 Å². The van der Waals surface area contributed by atoms with Crippen LogP contribution in [-0.2, 0) is 0 Å². The van der Waals surface area contributed by atoms with Crippen molar-refractivity contribution in [1.82, 2.24) is 5.32 Å². The molecule has 1 aliphatic carbocycles. The highest BCUT2D eigenvalue weighted by Crippen LogP contribution is 2.30. The Morgan fingerprint density at radius 2 is 1.89 bits per heavy atom. The van der Waals surface area contributed by atoms with Crippen LogP contribution in [0.1, 0.15) is 43.5 Å². The van der Waals surface area contributed by atoms with Gasteiger partial charge in [0.1, 0.15) is 0 Å². The Morgan fingerprint density at radius 1 is 1.26 bits per heavy atom. The molecule has 1 aromatic carbocycles. The van der Waals surface area contributed by atoms with E-state index in [1.807, 2.05) is 12.1 Å². The van der Waals surface area contributed by atoms with Crippen molar-refractivity contribution in [3.63, 3.8) is 0 Å². The number of rotatable bonds is 2. The maximum Gasteiger partial charge on any atom is 0.253 e. The topological polar surface area (TPSA) is 29.1 Å². The number of amides is 1. The van der Waals surface area contributed by atoms with E-state index in [0.717, 1.165) is 17.3 Å². The summed E-state index contributed by atoms with van der Waals surface area (Å²) in [5.41, 5.74) is 0.543. The monoisotopic (exact) mass is 343 g/mol. The van der Waals surface area contributed by atoms with Crippen LogP contribution in [0.4, 0.5) is 0 Å². The smallest absolute Gasteiger partial charge is 0.253 e. The molecule has 1 fully saturated rings. The van der Waals surface area contributed by atoms with Crippen molar-refractivity contribution in [3.8, 4) is 0 Å². The molecule has 1 N–H and O–H groups in total. The van der Waals surface area contributed by atoms with E-state index in [1.165, 1.54) is 6.42 Å². The van der Waals surface area contributed by atoms with Gasteiger partial charge in [-0.15, -0.1) is 0 Å². The third-order valence-electron chi connectivity index (χ3n) is 3.71.